The second kappa shape index (κ2) is 4.02. The molecule has 0 atom stereocenters. The summed E-state index contributed by atoms with van der Waals surface area (Å²) in [5.41, 5.74) is -0.688. The van der Waals surface area contributed by atoms with E-state index >= 15 is 0 Å². The second-order valence-electron chi connectivity index (χ2n) is 1.57. The Labute approximate surface area is 71.2 Å². The maximum atomic E-state index is 12.7. The standard InChI is InChI=1S/C6H5BrFNO2/c1-3-5(9(10)11)6(8)4(2)7/h3H,1-2H2/b6-5-. The first-order valence-electron chi connectivity index (χ1n) is 2.52. The van der Waals surface area contributed by atoms with Crippen molar-refractivity contribution in [1.82, 2.24) is 0 Å². The van der Waals surface area contributed by atoms with E-state index < -0.39 is 16.4 Å². The third kappa shape index (κ3) is 2.63. The maximum Gasteiger partial charge on any atom is 0.305 e. The molecule has 0 radical (unpaired) electrons. The number of nitro groups is 1. The van der Waals surface area contributed by atoms with Gasteiger partial charge in [0.05, 0.1) is 9.41 Å². The molecule has 3 nitrogen and oxygen atoms in total. The Morgan fingerprint density at radius 1 is 1.73 bits per heavy atom. The van der Waals surface area contributed by atoms with Crippen LogP contribution in [0.3, 0.4) is 0 Å². The van der Waals surface area contributed by atoms with Crippen LogP contribution in [0.15, 0.2) is 35.2 Å². The van der Waals surface area contributed by atoms with E-state index in [2.05, 4.69) is 29.1 Å². The molecule has 11 heavy (non-hydrogen) atoms. The fourth-order valence-electron chi connectivity index (χ4n) is 0.383. The SMILES string of the molecule is C=C/C(=C(/F)C(=C)Br)[N+](=O)[O-]. The monoisotopic (exact) mass is 221 g/mol. The Balaban J connectivity index is 4.99. The molecule has 0 aliphatic heterocycles. The first kappa shape index (κ1) is 10.0. The van der Waals surface area contributed by atoms with E-state index in [1.807, 2.05) is 0 Å². The van der Waals surface area contributed by atoms with Gasteiger partial charge in [-0.05, 0) is 15.9 Å². The van der Waals surface area contributed by atoms with Gasteiger partial charge in [0, 0.05) is 6.08 Å². The maximum absolute atomic E-state index is 12.7. The molecule has 0 N–H and O–H groups in total. The van der Waals surface area contributed by atoms with Gasteiger partial charge >= 0.3 is 5.70 Å². The van der Waals surface area contributed by atoms with Gasteiger partial charge in [-0.1, -0.05) is 13.2 Å². The quantitative estimate of drug-likeness (QED) is 0.418. The summed E-state index contributed by atoms with van der Waals surface area (Å²) >= 11 is 2.67. The van der Waals surface area contributed by atoms with Crippen molar-refractivity contribution in [3.05, 3.63) is 45.4 Å². The van der Waals surface area contributed by atoms with Gasteiger partial charge in [-0.3, -0.25) is 10.1 Å². The van der Waals surface area contributed by atoms with Crippen molar-refractivity contribution in [2.24, 2.45) is 0 Å². The lowest BCUT2D eigenvalue weighted by Crippen LogP contribution is -1.97. The van der Waals surface area contributed by atoms with Gasteiger partial charge < -0.3 is 0 Å². The number of halogens is 2. The van der Waals surface area contributed by atoms with Crippen LogP contribution in [0, 0.1) is 10.1 Å². The van der Waals surface area contributed by atoms with Gasteiger partial charge in [-0.15, -0.1) is 0 Å². The summed E-state index contributed by atoms with van der Waals surface area (Å²) in [6.07, 6.45) is 0.821. The van der Waals surface area contributed by atoms with Gasteiger partial charge in [0.2, 0.25) is 5.83 Å². The largest absolute Gasteiger partial charge is 0.305 e. The van der Waals surface area contributed by atoms with E-state index in [9.17, 15) is 14.5 Å². The third-order valence-corrected chi connectivity index (χ3v) is 1.20. The highest BCUT2D eigenvalue weighted by Crippen LogP contribution is 2.20. The average Bonchev–Trinajstić information content (AvgIpc) is 1.88. The van der Waals surface area contributed by atoms with E-state index in [1.54, 1.807) is 0 Å². The molecule has 60 valence electrons. The Morgan fingerprint density at radius 3 is 2.27 bits per heavy atom. The summed E-state index contributed by atoms with van der Waals surface area (Å²) in [5.74, 6) is -1.01. The molecular formula is C6H5BrFNO2. The molecule has 0 saturated carbocycles. The van der Waals surface area contributed by atoms with Crippen LogP contribution in [-0.2, 0) is 0 Å². The number of rotatable bonds is 3. The molecule has 0 unspecified atom stereocenters. The molecule has 0 fully saturated rings. The summed E-state index contributed by atoms with van der Waals surface area (Å²) in [6.45, 7) is 6.22. The van der Waals surface area contributed by atoms with E-state index in [-0.39, 0.29) is 4.48 Å². The molecule has 0 amide bonds. The van der Waals surface area contributed by atoms with Crippen molar-refractivity contribution in [2.45, 2.75) is 0 Å². The van der Waals surface area contributed by atoms with Crippen LogP contribution in [-0.4, -0.2) is 4.92 Å². The molecule has 0 aromatic rings. The molecule has 0 aromatic carbocycles. The van der Waals surface area contributed by atoms with E-state index in [0.29, 0.717) is 0 Å². The lowest BCUT2D eigenvalue weighted by molar-refractivity contribution is -0.421. The molecule has 0 saturated heterocycles. The summed E-state index contributed by atoms with van der Waals surface area (Å²) in [7, 11) is 0. The molecular weight excluding hydrogens is 217 g/mol. The summed E-state index contributed by atoms with van der Waals surface area (Å²) in [4.78, 5) is 9.18. The number of nitrogens with zero attached hydrogens (tertiary/aromatic N) is 1. The highest BCUT2D eigenvalue weighted by atomic mass is 79.9. The van der Waals surface area contributed by atoms with Crippen LogP contribution in [0.5, 0.6) is 0 Å². The number of allylic oxidation sites excluding steroid dienone is 3. The molecule has 0 aliphatic rings. The van der Waals surface area contributed by atoms with Gasteiger partial charge in [0.15, 0.2) is 0 Å². The van der Waals surface area contributed by atoms with Crippen LogP contribution >= 0.6 is 15.9 Å². The smallest absolute Gasteiger partial charge is 0.258 e. The highest BCUT2D eigenvalue weighted by molar-refractivity contribution is 9.11. The van der Waals surface area contributed by atoms with Crippen molar-refractivity contribution in [3.8, 4) is 0 Å². The first-order chi connectivity index (χ1) is 5.00. The van der Waals surface area contributed by atoms with Crippen molar-refractivity contribution in [3.63, 3.8) is 0 Å². The molecule has 0 rings (SSSR count). The van der Waals surface area contributed by atoms with Crippen molar-refractivity contribution < 1.29 is 9.31 Å². The van der Waals surface area contributed by atoms with Gasteiger partial charge in [0.1, 0.15) is 0 Å². The summed E-state index contributed by atoms with van der Waals surface area (Å²) in [6, 6.07) is 0. The van der Waals surface area contributed by atoms with E-state index in [4.69, 9.17) is 0 Å². The topological polar surface area (TPSA) is 43.1 Å². The predicted octanol–water partition coefficient (Wildman–Crippen LogP) is 2.54. The first-order valence-corrected chi connectivity index (χ1v) is 3.31. The zero-order chi connectivity index (χ0) is 9.02. The van der Waals surface area contributed by atoms with Crippen LogP contribution in [0.2, 0.25) is 0 Å². The lowest BCUT2D eigenvalue weighted by Gasteiger charge is -1.92. The Bertz CT molecular complexity index is 247. The minimum absolute atomic E-state index is 0.163. The molecule has 5 heteroatoms. The van der Waals surface area contributed by atoms with Gasteiger partial charge in [-0.25, -0.2) is 0 Å². The zero-order valence-electron chi connectivity index (χ0n) is 5.51. The molecule has 0 heterocycles. The minimum atomic E-state index is -1.01. The van der Waals surface area contributed by atoms with Crippen LogP contribution < -0.4 is 0 Å². The fourth-order valence-corrected chi connectivity index (χ4v) is 0.586. The predicted molar refractivity (Wildman–Crippen MR) is 43.4 cm³/mol. The molecule has 0 bridgehead atoms. The van der Waals surface area contributed by atoms with Gasteiger partial charge in [-0.2, -0.15) is 4.39 Å². The van der Waals surface area contributed by atoms with Crippen LogP contribution in [0.25, 0.3) is 0 Å². The van der Waals surface area contributed by atoms with E-state index in [0.717, 1.165) is 6.08 Å². The Kier molecular flexibility index (Phi) is 3.67. The minimum Gasteiger partial charge on any atom is -0.258 e. The van der Waals surface area contributed by atoms with Crippen molar-refractivity contribution in [2.75, 3.05) is 0 Å². The van der Waals surface area contributed by atoms with Crippen molar-refractivity contribution >= 4 is 15.9 Å². The molecule has 0 aliphatic carbocycles. The lowest BCUT2D eigenvalue weighted by atomic mass is 10.4. The summed E-state index contributed by atoms with van der Waals surface area (Å²) < 4.78 is 12.5. The molecule has 0 aromatic heterocycles. The summed E-state index contributed by atoms with van der Waals surface area (Å²) in [5, 5.41) is 10.1. The molecule has 0 spiro atoms. The van der Waals surface area contributed by atoms with Crippen LogP contribution in [0.4, 0.5) is 4.39 Å². The average molecular weight is 222 g/mol. The number of hydrogen-bond donors (Lipinski definition) is 0. The highest BCUT2D eigenvalue weighted by Gasteiger charge is 2.15. The zero-order valence-corrected chi connectivity index (χ0v) is 7.10. The van der Waals surface area contributed by atoms with Crippen LogP contribution in [0.1, 0.15) is 0 Å². The Morgan fingerprint density at radius 2 is 2.18 bits per heavy atom. The van der Waals surface area contributed by atoms with Crippen molar-refractivity contribution in [1.29, 1.82) is 0 Å². The second-order valence-corrected chi connectivity index (χ2v) is 2.52. The van der Waals surface area contributed by atoms with E-state index in [1.165, 1.54) is 0 Å². The Hall–Kier alpha value is -0.970. The fraction of sp³-hybridized carbons (Fsp3) is 0. The van der Waals surface area contributed by atoms with Gasteiger partial charge in [0.25, 0.3) is 0 Å². The number of hydrogen-bond acceptors (Lipinski definition) is 2. The third-order valence-electron chi connectivity index (χ3n) is 0.853. The normalized spacial score (nSPS) is 11.8.